The molecule has 76 valence electrons. The Kier molecular flexibility index (Phi) is 4.32. The van der Waals surface area contributed by atoms with Crippen LogP contribution in [0.15, 0.2) is 18.7 Å². The highest BCUT2D eigenvalue weighted by Gasteiger charge is 2.06. The van der Waals surface area contributed by atoms with Crippen LogP contribution >= 0.6 is 11.6 Å². The van der Waals surface area contributed by atoms with Crippen LogP contribution in [-0.2, 0) is 0 Å². The molecule has 0 aliphatic heterocycles. The van der Waals surface area contributed by atoms with Gasteiger partial charge in [-0.1, -0.05) is 6.92 Å². The third kappa shape index (κ3) is 3.30. The average Bonchev–Trinajstić information content (AvgIpc) is 2.26. The van der Waals surface area contributed by atoms with Crippen LogP contribution < -0.4 is 5.32 Å². The first kappa shape index (κ1) is 10.9. The standard InChI is InChI=1S/C9H12ClN3O/c1-7(2-10)3-13-9(14)8-4-11-6-12-5-8/h4-7H,2-3H2,1H3,(H,13,14). The van der Waals surface area contributed by atoms with E-state index in [4.69, 9.17) is 11.6 Å². The number of nitrogens with one attached hydrogen (secondary N) is 1. The summed E-state index contributed by atoms with van der Waals surface area (Å²) < 4.78 is 0. The van der Waals surface area contributed by atoms with Crippen LogP contribution in [0.25, 0.3) is 0 Å². The first-order chi connectivity index (χ1) is 6.74. The van der Waals surface area contributed by atoms with Crippen molar-refractivity contribution in [3.63, 3.8) is 0 Å². The van der Waals surface area contributed by atoms with E-state index in [1.807, 2.05) is 6.92 Å². The molecule has 5 heteroatoms. The lowest BCUT2D eigenvalue weighted by atomic mass is 10.2. The maximum atomic E-state index is 11.4. The molecule has 1 N–H and O–H groups in total. The number of hydrogen-bond acceptors (Lipinski definition) is 3. The van der Waals surface area contributed by atoms with Crippen LogP contribution in [0.3, 0.4) is 0 Å². The van der Waals surface area contributed by atoms with E-state index in [1.165, 1.54) is 18.7 Å². The van der Waals surface area contributed by atoms with Crippen molar-refractivity contribution in [1.82, 2.24) is 15.3 Å². The van der Waals surface area contributed by atoms with Crippen LogP contribution in [0.2, 0.25) is 0 Å². The molecule has 1 heterocycles. The summed E-state index contributed by atoms with van der Waals surface area (Å²) in [5.41, 5.74) is 0.467. The average molecular weight is 214 g/mol. The van der Waals surface area contributed by atoms with Gasteiger partial charge in [0.2, 0.25) is 0 Å². The molecular weight excluding hydrogens is 202 g/mol. The zero-order chi connectivity index (χ0) is 10.4. The SMILES string of the molecule is CC(CCl)CNC(=O)c1cncnc1. The minimum atomic E-state index is -0.164. The van der Waals surface area contributed by atoms with E-state index in [9.17, 15) is 4.79 Å². The molecule has 1 atom stereocenters. The van der Waals surface area contributed by atoms with Crippen molar-refractivity contribution in [1.29, 1.82) is 0 Å². The van der Waals surface area contributed by atoms with Crippen molar-refractivity contribution >= 4 is 17.5 Å². The topological polar surface area (TPSA) is 54.9 Å². The number of aromatic nitrogens is 2. The van der Waals surface area contributed by atoms with Crippen molar-refractivity contribution < 1.29 is 4.79 Å². The highest BCUT2D eigenvalue weighted by Crippen LogP contribution is 1.97. The van der Waals surface area contributed by atoms with Crippen LogP contribution in [0.1, 0.15) is 17.3 Å². The third-order valence-electron chi connectivity index (χ3n) is 1.70. The van der Waals surface area contributed by atoms with Gasteiger partial charge in [-0.25, -0.2) is 9.97 Å². The zero-order valence-corrected chi connectivity index (χ0v) is 8.66. The lowest BCUT2D eigenvalue weighted by Gasteiger charge is -2.08. The summed E-state index contributed by atoms with van der Waals surface area (Å²) in [5.74, 6) is 0.638. The Bertz CT molecular complexity index is 291. The second-order valence-corrected chi connectivity index (χ2v) is 3.41. The fourth-order valence-electron chi connectivity index (χ4n) is 0.840. The van der Waals surface area contributed by atoms with Crippen molar-refractivity contribution in [3.8, 4) is 0 Å². The lowest BCUT2D eigenvalue weighted by molar-refractivity contribution is 0.0948. The minimum absolute atomic E-state index is 0.164. The van der Waals surface area contributed by atoms with Gasteiger partial charge in [0.25, 0.3) is 5.91 Å². The van der Waals surface area contributed by atoms with E-state index in [2.05, 4.69) is 15.3 Å². The second-order valence-electron chi connectivity index (χ2n) is 3.10. The van der Waals surface area contributed by atoms with Crippen LogP contribution in [0, 0.1) is 5.92 Å². The second kappa shape index (κ2) is 5.54. The lowest BCUT2D eigenvalue weighted by Crippen LogP contribution is -2.28. The molecule has 14 heavy (non-hydrogen) atoms. The van der Waals surface area contributed by atoms with E-state index in [0.29, 0.717) is 18.0 Å². The van der Waals surface area contributed by atoms with Gasteiger partial charge in [-0.15, -0.1) is 11.6 Å². The van der Waals surface area contributed by atoms with E-state index in [-0.39, 0.29) is 11.8 Å². The fourth-order valence-corrected chi connectivity index (χ4v) is 0.949. The predicted octanol–water partition coefficient (Wildman–Crippen LogP) is 1.08. The molecule has 1 unspecified atom stereocenters. The molecule has 0 spiro atoms. The van der Waals surface area contributed by atoms with Crippen molar-refractivity contribution in [2.75, 3.05) is 12.4 Å². The summed E-state index contributed by atoms with van der Waals surface area (Å²) in [5, 5.41) is 2.75. The molecule has 0 bridgehead atoms. The Balaban J connectivity index is 2.44. The number of halogens is 1. The zero-order valence-electron chi connectivity index (χ0n) is 7.90. The number of rotatable bonds is 4. The molecule has 0 fully saturated rings. The molecule has 0 aliphatic carbocycles. The number of alkyl halides is 1. The predicted molar refractivity (Wildman–Crippen MR) is 54.2 cm³/mol. The molecular formula is C9H12ClN3O. The summed E-state index contributed by atoms with van der Waals surface area (Å²) in [4.78, 5) is 18.9. The van der Waals surface area contributed by atoms with Gasteiger partial charge >= 0.3 is 0 Å². The molecule has 1 aromatic rings. The van der Waals surface area contributed by atoms with Gasteiger partial charge in [-0.2, -0.15) is 0 Å². The number of nitrogens with zero attached hydrogens (tertiary/aromatic N) is 2. The quantitative estimate of drug-likeness (QED) is 0.762. The van der Waals surface area contributed by atoms with Gasteiger partial charge in [-0.3, -0.25) is 4.79 Å². The van der Waals surface area contributed by atoms with Gasteiger partial charge in [0.1, 0.15) is 6.33 Å². The summed E-state index contributed by atoms with van der Waals surface area (Å²) in [6, 6.07) is 0. The molecule has 1 amide bonds. The van der Waals surface area contributed by atoms with E-state index in [0.717, 1.165) is 0 Å². The Hall–Kier alpha value is -1.16. The summed E-state index contributed by atoms with van der Waals surface area (Å²) in [6.07, 6.45) is 4.35. The van der Waals surface area contributed by atoms with Crippen molar-refractivity contribution in [2.24, 2.45) is 5.92 Å². The molecule has 1 rings (SSSR count). The van der Waals surface area contributed by atoms with Gasteiger partial charge in [-0.05, 0) is 5.92 Å². The number of carbonyl (C=O) groups excluding carboxylic acids is 1. The minimum Gasteiger partial charge on any atom is -0.352 e. The molecule has 0 aromatic carbocycles. The van der Waals surface area contributed by atoms with Crippen LogP contribution in [0.4, 0.5) is 0 Å². The monoisotopic (exact) mass is 213 g/mol. The summed E-state index contributed by atoms with van der Waals surface area (Å²) >= 11 is 5.61. The highest BCUT2D eigenvalue weighted by molar-refractivity contribution is 6.18. The summed E-state index contributed by atoms with van der Waals surface area (Å²) in [7, 11) is 0. The largest absolute Gasteiger partial charge is 0.352 e. The normalized spacial score (nSPS) is 12.1. The fraction of sp³-hybridized carbons (Fsp3) is 0.444. The molecule has 0 saturated heterocycles. The summed E-state index contributed by atoms with van der Waals surface area (Å²) in [6.45, 7) is 2.53. The Morgan fingerprint density at radius 3 is 2.79 bits per heavy atom. The van der Waals surface area contributed by atoms with Crippen LogP contribution in [-0.4, -0.2) is 28.3 Å². The molecule has 1 aromatic heterocycles. The molecule has 0 saturated carbocycles. The maximum absolute atomic E-state index is 11.4. The first-order valence-electron chi connectivity index (χ1n) is 4.33. The van der Waals surface area contributed by atoms with Crippen molar-refractivity contribution in [3.05, 3.63) is 24.3 Å². The van der Waals surface area contributed by atoms with E-state index in [1.54, 1.807) is 0 Å². The number of carbonyl (C=O) groups is 1. The maximum Gasteiger partial charge on any atom is 0.254 e. The molecule has 4 nitrogen and oxygen atoms in total. The molecule has 0 aliphatic rings. The Morgan fingerprint density at radius 2 is 2.21 bits per heavy atom. The van der Waals surface area contributed by atoms with Crippen LogP contribution in [0.5, 0.6) is 0 Å². The van der Waals surface area contributed by atoms with Crippen molar-refractivity contribution in [2.45, 2.75) is 6.92 Å². The Morgan fingerprint density at radius 1 is 1.57 bits per heavy atom. The van der Waals surface area contributed by atoms with Gasteiger partial charge < -0.3 is 5.32 Å². The first-order valence-corrected chi connectivity index (χ1v) is 4.86. The van der Waals surface area contributed by atoms with Gasteiger partial charge in [0.15, 0.2) is 0 Å². The highest BCUT2D eigenvalue weighted by atomic mass is 35.5. The number of amides is 1. The molecule has 0 radical (unpaired) electrons. The third-order valence-corrected chi connectivity index (χ3v) is 2.22. The number of hydrogen-bond donors (Lipinski definition) is 1. The van der Waals surface area contributed by atoms with E-state index >= 15 is 0 Å². The van der Waals surface area contributed by atoms with Gasteiger partial charge in [0.05, 0.1) is 5.56 Å². The Labute approximate surface area is 87.7 Å². The van der Waals surface area contributed by atoms with E-state index < -0.39 is 0 Å². The smallest absolute Gasteiger partial charge is 0.254 e. The van der Waals surface area contributed by atoms with Gasteiger partial charge in [0, 0.05) is 24.8 Å².